The smallest absolute Gasteiger partial charge is 0.407 e. The van der Waals surface area contributed by atoms with Crippen molar-refractivity contribution in [3.63, 3.8) is 0 Å². The number of rotatable bonds is 7. The lowest BCUT2D eigenvalue weighted by Crippen LogP contribution is -2.51. The Hall–Kier alpha value is -3.35. The van der Waals surface area contributed by atoms with Crippen LogP contribution in [0.1, 0.15) is 56.6 Å². The molecule has 0 radical (unpaired) electrons. The van der Waals surface area contributed by atoms with Crippen LogP contribution in [0.15, 0.2) is 48.5 Å². The van der Waals surface area contributed by atoms with Crippen LogP contribution in [0.2, 0.25) is 0 Å². The van der Waals surface area contributed by atoms with Crippen molar-refractivity contribution < 1.29 is 24.2 Å². The Morgan fingerprint density at radius 2 is 1.50 bits per heavy atom. The summed E-state index contributed by atoms with van der Waals surface area (Å²) < 4.78 is 5.50. The van der Waals surface area contributed by atoms with Gasteiger partial charge in [-0.2, -0.15) is 0 Å². The van der Waals surface area contributed by atoms with E-state index in [1.807, 2.05) is 36.4 Å². The first kappa shape index (κ1) is 23.8. The number of alkyl carbamates (subject to hydrolysis) is 1. The number of carbonyl (C=O) groups excluding carboxylic acids is 2. The molecule has 34 heavy (non-hydrogen) atoms. The zero-order chi connectivity index (χ0) is 24.2. The standard InChI is InChI=1S/C27H32N2O5/c1-16-11-17(2)13-18(12-16)28-26(32)24(14-25(30)31)29-27(33)34-15-23-21-9-5-3-7-19(21)20-8-4-6-10-22(20)23/h3-10,16-18,23-24H,11-15H2,1-2H3,(H,28,32)(H,29,33)(H,30,31). The molecule has 1 fully saturated rings. The topological polar surface area (TPSA) is 105 Å². The molecule has 3 N–H and O–H groups in total. The Bertz CT molecular complexity index is 1010. The third-order valence-corrected chi connectivity index (χ3v) is 6.86. The fourth-order valence-corrected chi connectivity index (χ4v) is 5.53. The number of fused-ring (bicyclic) bond motifs is 3. The fraction of sp³-hybridized carbons (Fsp3) is 0.444. The molecule has 4 rings (SSSR count). The van der Waals surface area contributed by atoms with Gasteiger partial charge in [0.25, 0.3) is 0 Å². The van der Waals surface area contributed by atoms with E-state index in [-0.39, 0.29) is 18.6 Å². The van der Waals surface area contributed by atoms with Crippen LogP contribution in [0, 0.1) is 11.8 Å². The number of nitrogens with one attached hydrogen (secondary N) is 2. The molecule has 2 aliphatic carbocycles. The molecule has 7 nitrogen and oxygen atoms in total. The van der Waals surface area contributed by atoms with Gasteiger partial charge < -0.3 is 20.5 Å². The predicted octanol–water partition coefficient (Wildman–Crippen LogP) is 4.31. The van der Waals surface area contributed by atoms with Crippen LogP contribution in [-0.4, -0.2) is 41.8 Å². The average Bonchev–Trinajstić information content (AvgIpc) is 3.10. The summed E-state index contributed by atoms with van der Waals surface area (Å²) in [5.41, 5.74) is 4.39. The van der Waals surface area contributed by atoms with E-state index in [0.717, 1.165) is 41.5 Å². The number of ether oxygens (including phenoxy) is 1. The molecular formula is C27H32N2O5. The summed E-state index contributed by atoms with van der Waals surface area (Å²) in [5.74, 6) is -0.786. The molecule has 0 saturated heterocycles. The van der Waals surface area contributed by atoms with Gasteiger partial charge >= 0.3 is 12.1 Å². The van der Waals surface area contributed by atoms with Crippen molar-refractivity contribution >= 4 is 18.0 Å². The summed E-state index contributed by atoms with van der Waals surface area (Å²) in [6.07, 6.45) is 1.51. The van der Waals surface area contributed by atoms with Gasteiger partial charge in [-0.05, 0) is 53.4 Å². The van der Waals surface area contributed by atoms with Crippen molar-refractivity contribution in [3.8, 4) is 11.1 Å². The van der Waals surface area contributed by atoms with E-state index in [9.17, 15) is 19.5 Å². The minimum absolute atomic E-state index is 0.0214. The lowest BCUT2D eigenvalue weighted by molar-refractivity contribution is -0.140. The molecule has 0 spiro atoms. The first-order valence-corrected chi connectivity index (χ1v) is 12.0. The number of amides is 2. The van der Waals surface area contributed by atoms with E-state index < -0.39 is 30.4 Å². The Balaban J connectivity index is 1.39. The molecule has 0 bridgehead atoms. The fourth-order valence-electron chi connectivity index (χ4n) is 5.53. The number of hydrogen-bond acceptors (Lipinski definition) is 4. The van der Waals surface area contributed by atoms with Crippen LogP contribution in [0.5, 0.6) is 0 Å². The second-order valence-electron chi connectivity index (χ2n) is 9.74. The van der Waals surface area contributed by atoms with Crippen molar-refractivity contribution in [1.82, 2.24) is 10.6 Å². The third-order valence-electron chi connectivity index (χ3n) is 6.86. The van der Waals surface area contributed by atoms with Gasteiger partial charge in [-0.1, -0.05) is 62.4 Å². The monoisotopic (exact) mass is 464 g/mol. The number of hydrogen-bond donors (Lipinski definition) is 3. The van der Waals surface area contributed by atoms with E-state index in [1.165, 1.54) is 0 Å². The number of aliphatic carboxylic acids is 1. The van der Waals surface area contributed by atoms with Crippen LogP contribution in [-0.2, 0) is 14.3 Å². The molecule has 0 heterocycles. The first-order valence-electron chi connectivity index (χ1n) is 12.0. The van der Waals surface area contributed by atoms with E-state index >= 15 is 0 Å². The Kier molecular flexibility index (Phi) is 7.20. The summed E-state index contributed by atoms with van der Waals surface area (Å²) in [5, 5.41) is 14.7. The van der Waals surface area contributed by atoms with Gasteiger partial charge in [-0.25, -0.2) is 4.79 Å². The largest absolute Gasteiger partial charge is 0.481 e. The highest BCUT2D eigenvalue weighted by Crippen LogP contribution is 2.44. The van der Waals surface area contributed by atoms with Crippen molar-refractivity contribution in [1.29, 1.82) is 0 Å². The summed E-state index contributed by atoms with van der Waals surface area (Å²) >= 11 is 0. The van der Waals surface area contributed by atoms with Crippen LogP contribution >= 0.6 is 0 Å². The van der Waals surface area contributed by atoms with Crippen molar-refractivity contribution in [3.05, 3.63) is 59.7 Å². The second kappa shape index (κ2) is 10.3. The van der Waals surface area contributed by atoms with Crippen LogP contribution in [0.25, 0.3) is 11.1 Å². The highest BCUT2D eigenvalue weighted by Gasteiger charge is 2.32. The van der Waals surface area contributed by atoms with Crippen LogP contribution in [0.3, 0.4) is 0 Å². The maximum absolute atomic E-state index is 12.8. The Morgan fingerprint density at radius 3 is 2.06 bits per heavy atom. The number of carboxylic acid groups (broad SMARTS) is 1. The molecule has 1 saturated carbocycles. The van der Waals surface area contributed by atoms with E-state index in [2.05, 4.69) is 36.6 Å². The van der Waals surface area contributed by atoms with E-state index in [4.69, 9.17) is 4.74 Å². The maximum Gasteiger partial charge on any atom is 0.407 e. The van der Waals surface area contributed by atoms with Gasteiger partial charge in [0.05, 0.1) is 6.42 Å². The number of carbonyl (C=O) groups is 3. The normalized spacial score (nSPS) is 22.2. The first-order chi connectivity index (χ1) is 16.3. The zero-order valence-electron chi connectivity index (χ0n) is 19.6. The molecule has 2 aliphatic rings. The summed E-state index contributed by atoms with van der Waals surface area (Å²) in [7, 11) is 0. The van der Waals surface area contributed by atoms with Crippen molar-refractivity contribution in [2.75, 3.05) is 6.61 Å². The predicted molar refractivity (Wildman–Crippen MR) is 128 cm³/mol. The van der Waals surface area contributed by atoms with E-state index in [1.54, 1.807) is 0 Å². The van der Waals surface area contributed by atoms with Gasteiger partial charge in [-0.15, -0.1) is 0 Å². The Labute approximate surface area is 199 Å². The van der Waals surface area contributed by atoms with Crippen molar-refractivity contribution in [2.45, 2.75) is 57.5 Å². The molecular weight excluding hydrogens is 432 g/mol. The van der Waals surface area contributed by atoms with Gasteiger partial charge in [0, 0.05) is 12.0 Å². The number of carboxylic acids is 1. The van der Waals surface area contributed by atoms with Crippen LogP contribution in [0.4, 0.5) is 4.79 Å². The molecule has 0 aliphatic heterocycles. The maximum atomic E-state index is 12.8. The lowest BCUT2D eigenvalue weighted by atomic mass is 9.80. The Morgan fingerprint density at radius 1 is 0.941 bits per heavy atom. The minimum atomic E-state index is -1.19. The lowest BCUT2D eigenvalue weighted by Gasteiger charge is -2.32. The average molecular weight is 465 g/mol. The van der Waals surface area contributed by atoms with Gasteiger partial charge in [-0.3, -0.25) is 9.59 Å². The zero-order valence-corrected chi connectivity index (χ0v) is 19.6. The van der Waals surface area contributed by atoms with Crippen molar-refractivity contribution in [2.24, 2.45) is 11.8 Å². The van der Waals surface area contributed by atoms with Gasteiger partial charge in [0.15, 0.2) is 0 Å². The highest BCUT2D eigenvalue weighted by molar-refractivity contribution is 5.89. The quantitative estimate of drug-likeness (QED) is 0.566. The third kappa shape index (κ3) is 5.41. The summed E-state index contributed by atoms with van der Waals surface area (Å²) in [4.78, 5) is 36.8. The number of benzene rings is 2. The van der Waals surface area contributed by atoms with E-state index in [0.29, 0.717) is 11.8 Å². The second-order valence-corrected chi connectivity index (χ2v) is 9.74. The summed E-state index contributed by atoms with van der Waals surface area (Å²) in [6, 6.07) is 14.8. The molecule has 3 unspecified atom stereocenters. The molecule has 7 heteroatoms. The molecule has 2 aromatic carbocycles. The molecule has 3 atom stereocenters. The minimum Gasteiger partial charge on any atom is -0.481 e. The molecule has 2 amide bonds. The highest BCUT2D eigenvalue weighted by atomic mass is 16.5. The van der Waals surface area contributed by atoms with Crippen LogP contribution < -0.4 is 10.6 Å². The molecule has 2 aromatic rings. The summed E-state index contributed by atoms with van der Waals surface area (Å²) in [6.45, 7) is 4.40. The SMILES string of the molecule is CC1CC(C)CC(NC(=O)C(CC(=O)O)NC(=O)OCC2c3ccccc3-c3ccccc32)C1. The molecule has 180 valence electrons. The van der Waals surface area contributed by atoms with Gasteiger partial charge in [0.2, 0.25) is 5.91 Å². The molecule has 0 aromatic heterocycles. The van der Waals surface area contributed by atoms with Gasteiger partial charge in [0.1, 0.15) is 12.6 Å².